The number of ether oxygens (including phenoxy) is 2. The summed E-state index contributed by atoms with van der Waals surface area (Å²) in [6.07, 6.45) is 0.956. The average molecular weight is 347 g/mol. The van der Waals surface area contributed by atoms with Gasteiger partial charge in [0.05, 0.1) is 24.4 Å². The number of carbonyl (C=O) groups excluding carboxylic acids is 1. The molecule has 2 aliphatic heterocycles. The van der Waals surface area contributed by atoms with Gasteiger partial charge in [0.25, 0.3) is 0 Å². The van der Waals surface area contributed by atoms with Crippen molar-refractivity contribution in [1.29, 1.82) is 0 Å². The van der Waals surface area contributed by atoms with Gasteiger partial charge in [-0.1, -0.05) is 12.1 Å². The number of anilines is 1. The van der Waals surface area contributed by atoms with Crippen LogP contribution in [0.2, 0.25) is 0 Å². The minimum Gasteiger partial charge on any atom is -0.492 e. The minimum absolute atomic E-state index is 0.0489. The summed E-state index contributed by atoms with van der Waals surface area (Å²) in [5.74, 6) is 1.16. The van der Waals surface area contributed by atoms with Crippen molar-refractivity contribution in [2.24, 2.45) is 0 Å². The molecule has 1 amide bonds. The maximum Gasteiger partial charge on any atom is 0.240 e. The molecule has 0 spiro atoms. The minimum atomic E-state index is -0.0489. The second-order valence-corrected chi connectivity index (χ2v) is 6.76. The van der Waals surface area contributed by atoms with Crippen LogP contribution in [0.5, 0.6) is 5.75 Å². The fourth-order valence-corrected chi connectivity index (χ4v) is 3.79. The number of hydrogen-bond donors (Lipinski definition) is 0. The van der Waals surface area contributed by atoms with Crippen molar-refractivity contribution in [3.8, 4) is 5.75 Å². The van der Waals surface area contributed by atoms with Crippen molar-refractivity contribution in [1.82, 2.24) is 9.80 Å². The van der Waals surface area contributed by atoms with Gasteiger partial charge in [-0.3, -0.25) is 9.69 Å². The van der Waals surface area contributed by atoms with E-state index in [2.05, 4.69) is 15.9 Å². The van der Waals surface area contributed by atoms with Crippen molar-refractivity contribution < 1.29 is 14.3 Å². The molecule has 3 rings (SSSR count). The molecule has 138 valence electrons. The lowest BCUT2D eigenvalue weighted by Gasteiger charge is -2.38. The van der Waals surface area contributed by atoms with Gasteiger partial charge in [-0.2, -0.15) is 0 Å². The highest BCUT2D eigenvalue weighted by molar-refractivity contribution is 5.82. The monoisotopic (exact) mass is 347 g/mol. The lowest BCUT2D eigenvalue weighted by molar-refractivity contribution is -0.135. The summed E-state index contributed by atoms with van der Waals surface area (Å²) < 4.78 is 11.2. The number of amides is 1. The molecule has 0 radical (unpaired) electrons. The largest absolute Gasteiger partial charge is 0.492 e. The number of rotatable bonds is 5. The summed E-state index contributed by atoms with van der Waals surface area (Å²) in [7, 11) is 3.73. The summed E-state index contributed by atoms with van der Waals surface area (Å²) in [5.41, 5.74) is 1.12. The number of benzene rings is 1. The lowest BCUT2D eigenvalue weighted by Crippen LogP contribution is -2.53. The zero-order valence-electron chi connectivity index (χ0n) is 15.5. The Labute approximate surface area is 150 Å². The molecular weight excluding hydrogens is 318 g/mol. The molecule has 0 saturated carbocycles. The Morgan fingerprint density at radius 3 is 2.56 bits per heavy atom. The number of likely N-dealkylation sites (N-methyl/N-ethyl adjacent to an activating group) is 1. The molecule has 0 N–H and O–H groups in total. The van der Waals surface area contributed by atoms with E-state index in [0.717, 1.165) is 50.6 Å². The Hall–Kier alpha value is -1.79. The maximum atomic E-state index is 12.9. The molecule has 2 saturated heterocycles. The molecule has 0 aromatic heterocycles. The Morgan fingerprint density at radius 2 is 1.92 bits per heavy atom. The molecule has 2 heterocycles. The van der Waals surface area contributed by atoms with E-state index in [1.165, 1.54) is 0 Å². The second-order valence-electron chi connectivity index (χ2n) is 6.76. The van der Waals surface area contributed by atoms with Gasteiger partial charge in [0, 0.05) is 39.8 Å². The van der Waals surface area contributed by atoms with Gasteiger partial charge >= 0.3 is 0 Å². The molecule has 0 bridgehead atoms. The van der Waals surface area contributed by atoms with Crippen molar-refractivity contribution in [3.05, 3.63) is 24.3 Å². The van der Waals surface area contributed by atoms with Gasteiger partial charge in [-0.25, -0.2) is 0 Å². The molecule has 25 heavy (non-hydrogen) atoms. The Kier molecular flexibility index (Phi) is 5.81. The number of likely N-dealkylation sites (tertiary alicyclic amines) is 1. The first kappa shape index (κ1) is 18.0. The van der Waals surface area contributed by atoms with Crippen LogP contribution in [0.15, 0.2) is 24.3 Å². The van der Waals surface area contributed by atoms with Crippen molar-refractivity contribution in [2.45, 2.75) is 25.5 Å². The van der Waals surface area contributed by atoms with Gasteiger partial charge in [0.2, 0.25) is 5.91 Å². The zero-order chi connectivity index (χ0) is 17.8. The van der Waals surface area contributed by atoms with Crippen molar-refractivity contribution in [2.75, 3.05) is 58.4 Å². The third-order valence-corrected chi connectivity index (χ3v) is 5.23. The Bertz CT molecular complexity index is 587. The number of methoxy groups -OCH3 is 1. The summed E-state index contributed by atoms with van der Waals surface area (Å²) in [5, 5.41) is 0. The van der Waals surface area contributed by atoms with Gasteiger partial charge in [-0.05, 0) is 32.5 Å². The molecular formula is C19H29N3O3. The van der Waals surface area contributed by atoms with E-state index in [1.54, 1.807) is 7.11 Å². The van der Waals surface area contributed by atoms with Crippen LogP contribution in [0.4, 0.5) is 5.69 Å². The second kappa shape index (κ2) is 8.06. The van der Waals surface area contributed by atoms with Crippen molar-refractivity contribution in [3.63, 3.8) is 0 Å². The molecule has 2 aliphatic rings. The van der Waals surface area contributed by atoms with E-state index in [-0.39, 0.29) is 18.1 Å². The third kappa shape index (κ3) is 3.90. The fraction of sp³-hybridized carbons (Fsp3) is 0.632. The molecule has 2 atom stereocenters. The first-order chi connectivity index (χ1) is 12.1. The van der Waals surface area contributed by atoms with E-state index in [9.17, 15) is 4.79 Å². The van der Waals surface area contributed by atoms with E-state index in [1.807, 2.05) is 37.1 Å². The zero-order valence-corrected chi connectivity index (χ0v) is 15.5. The third-order valence-electron chi connectivity index (χ3n) is 5.23. The first-order valence-electron chi connectivity index (χ1n) is 9.12. The lowest BCUT2D eigenvalue weighted by atomic mass is 10.1. The van der Waals surface area contributed by atoms with Crippen LogP contribution < -0.4 is 9.64 Å². The van der Waals surface area contributed by atoms with Crippen LogP contribution in [0.25, 0.3) is 0 Å². The number of carbonyl (C=O) groups is 1. The van der Waals surface area contributed by atoms with Gasteiger partial charge in [0.15, 0.2) is 0 Å². The van der Waals surface area contributed by atoms with Crippen LogP contribution >= 0.6 is 0 Å². The number of piperazine rings is 1. The summed E-state index contributed by atoms with van der Waals surface area (Å²) in [6.45, 7) is 6.65. The Morgan fingerprint density at radius 1 is 1.20 bits per heavy atom. The SMILES string of the molecule is CCOc1ccccc1N1CCN(C(=O)[C@@H]2C[C@H](OC)CN2C)CC1. The van der Waals surface area contributed by atoms with Gasteiger partial charge < -0.3 is 19.3 Å². The predicted octanol–water partition coefficient (Wildman–Crippen LogP) is 1.45. The molecule has 2 fully saturated rings. The summed E-state index contributed by atoms with van der Waals surface area (Å²) in [4.78, 5) is 19.3. The average Bonchev–Trinajstić information content (AvgIpc) is 3.03. The van der Waals surface area contributed by atoms with Crippen LogP contribution in [0.1, 0.15) is 13.3 Å². The molecule has 6 nitrogen and oxygen atoms in total. The highest BCUT2D eigenvalue weighted by Gasteiger charge is 2.37. The molecule has 6 heteroatoms. The molecule has 0 aliphatic carbocycles. The smallest absolute Gasteiger partial charge is 0.240 e. The molecule has 0 unspecified atom stereocenters. The van der Waals surface area contributed by atoms with Crippen LogP contribution in [0, 0.1) is 0 Å². The van der Waals surface area contributed by atoms with E-state index in [4.69, 9.17) is 9.47 Å². The van der Waals surface area contributed by atoms with Gasteiger partial charge in [0.1, 0.15) is 5.75 Å². The maximum absolute atomic E-state index is 12.9. The van der Waals surface area contributed by atoms with Crippen molar-refractivity contribution >= 4 is 11.6 Å². The van der Waals surface area contributed by atoms with Crippen LogP contribution in [-0.2, 0) is 9.53 Å². The predicted molar refractivity (Wildman–Crippen MR) is 98.2 cm³/mol. The highest BCUT2D eigenvalue weighted by atomic mass is 16.5. The summed E-state index contributed by atoms with van der Waals surface area (Å²) >= 11 is 0. The fourth-order valence-electron chi connectivity index (χ4n) is 3.79. The highest BCUT2D eigenvalue weighted by Crippen LogP contribution is 2.29. The quantitative estimate of drug-likeness (QED) is 0.807. The molecule has 1 aromatic rings. The Balaban J connectivity index is 1.60. The molecule has 1 aromatic carbocycles. The summed E-state index contributed by atoms with van der Waals surface area (Å²) in [6, 6.07) is 8.09. The van der Waals surface area contributed by atoms with E-state index >= 15 is 0 Å². The van der Waals surface area contributed by atoms with Crippen LogP contribution in [0.3, 0.4) is 0 Å². The van der Waals surface area contributed by atoms with E-state index in [0.29, 0.717) is 6.61 Å². The van der Waals surface area contributed by atoms with Gasteiger partial charge in [-0.15, -0.1) is 0 Å². The normalized spacial score (nSPS) is 24.6. The first-order valence-corrected chi connectivity index (χ1v) is 9.12. The van der Waals surface area contributed by atoms with E-state index < -0.39 is 0 Å². The van der Waals surface area contributed by atoms with Crippen LogP contribution in [-0.4, -0.2) is 81.3 Å². The number of hydrogen-bond acceptors (Lipinski definition) is 5. The standard InChI is InChI=1S/C19H29N3O3/c1-4-25-18-8-6-5-7-16(18)21-9-11-22(12-10-21)19(23)17-13-15(24-3)14-20(17)2/h5-8,15,17H,4,9-14H2,1-3H3/t15-,17-/m0/s1. The number of para-hydroxylation sites is 2. The topological polar surface area (TPSA) is 45.3 Å². The number of nitrogens with zero attached hydrogens (tertiary/aromatic N) is 3.